The van der Waals surface area contributed by atoms with Crippen molar-refractivity contribution in [3.63, 3.8) is 0 Å². The van der Waals surface area contributed by atoms with Crippen molar-refractivity contribution in [2.45, 2.75) is 29.5 Å². The normalized spacial score (nSPS) is 14.4. The molecule has 3 aromatic rings. The van der Waals surface area contributed by atoms with E-state index in [0.29, 0.717) is 24.2 Å². The van der Waals surface area contributed by atoms with Crippen molar-refractivity contribution in [3.05, 3.63) is 87.1 Å². The monoisotopic (exact) mass is 470 g/mol. The highest BCUT2D eigenvalue weighted by molar-refractivity contribution is 7.98. The molecule has 2 amide bonds. The zero-order valence-electron chi connectivity index (χ0n) is 16.9. The van der Waals surface area contributed by atoms with E-state index in [0.717, 1.165) is 23.6 Å². The van der Waals surface area contributed by atoms with Crippen LogP contribution in [0.2, 0.25) is 5.02 Å². The number of rotatable bonds is 6. The molecule has 0 radical (unpaired) electrons. The van der Waals surface area contributed by atoms with Crippen molar-refractivity contribution in [1.29, 1.82) is 0 Å². The minimum absolute atomic E-state index is 0.0296. The number of hydrogen-bond acceptors (Lipinski definition) is 4. The summed E-state index contributed by atoms with van der Waals surface area (Å²) in [6.45, 7) is 1.31. The van der Waals surface area contributed by atoms with E-state index in [4.69, 9.17) is 11.6 Å². The molecule has 0 unspecified atom stereocenters. The number of carbonyl (C=O) groups is 2. The van der Waals surface area contributed by atoms with Gasteiger partial charge >= 0.3 is 0 Å². The Bertz CT molecular complexity index is 1010. The van der Waals surface area contributed by atoms with Gasteiger partial charge in [0.25, 0.3) is 11.8 Å². The Morgan fingerprint density at radius 3 is 2.35 bits per heavy atom. The lowest BCUT2D eigenvalue weighted by atomic mass is 10.0. The molecule has 2 aromatic carbocycles. The quantitative estimate of drug-likeness (QED) is 0.468. The van der Waals surface area contributed by atoms with Crippen molar-refractivity contribution in [2.24, 2.45) is 0 Å². The molecule has 160 valence electrons. The van der Waals surface area contributed by atoms with Gasteiger partial charge in [0, 0.05) is 51.3 Å². The topological polar surface area (TPSA) is 49.4 Å². The summed E-state index contributed by atoms with van der Waals surface area (Å²) in [6, 6.07) is 17.6. The number of piperidine rings is 1. The van der Waals surface area contributed by atoms with Crippen LogP contribution in [0.5, 0.6) is 0 Å². The molecule has 4 nitrogen and oxygen atoms in total. The van der Waals surface area contributed by atoms with Crippen LogP contribution in [0.1, 0.15) is 39.1 Å². The molecule has 1 N–H and O–H groups in total. The highest BCUT2D eigenvalue weighted by Crippen LogP contribution is 2.24. The summed E-state index contributed by atoms with van der Waals surface area (Å²) >= 11 is 9.18. The number of likely N-dealkylation sites (tertiary alicyclic amines) is 1. The van der Waals surface area contributed by atoms with Crippen molar-refractivity contribution >= 4 is 46.5 Å². The first-order valence-electron chi connectivity index (χ1n) is 10.2. The van der Waals surface area contributed by atoms with Crippen LogP contribution < -0.4 is 5.32 Å². The molecule has 1 fully saturated rings. The third kappa shape index (κ3) is 5.91. The van der Waals surface area contributed by atoms with Gasteiger partial charge in [-0.05, 0) is 66.2 Å². The third-order valence-corrected chi connectivity index (χ3v) is 7.34. The second kappa shape index (κ2) is 10.4. The van der Waals surface area contributed by atoms with Crippen LogP contribution in [-0.2, 0) is 5.75 Å². The van der Waals surface area contributed by atoms with Gasteiger partial charge in [-0.3, -0.25) is 9.59 Å². The first-order chi connectivity index (χ1) is 15.1. The van der Waals surface area contributed by atoms with Crippen LogP contribution in [0.3, 0.4) is 0 Å². The minimum atomic E-state index is -0.0296. The molecule has 7 heteroatoms. The minimum Gasteiger partial charge on any atom is -0.349 e. The molecule has 0 bridgehead atoms. The average Bonchev–Trinajstić information content (AvgIpc) is 3.34. The molecule has 0 saturated carbocycles. The molecule has 31 heavy (non-hydrogen) atoms. The van der Waals surface area contributed by atoms with Crippen LogP contribution in [0.15, 0.2) is 70.3 Å². The van der Waals surface area contributed by atoms with Crippen LogP contribution in [0.25, 0.3) is 0 Å². The van der Waals surface area contributed by atoms with E-state index in [9.17, 15) is 9.59 Å². The highest BCUT2D eigenvalue weighted by Gasteiger charge is 2.25. The third-order valence-electron chi connectivity index (χ3n) is 5.32. The van der Waals surface area contributed by atoms with E-state index >= 15 is 0 Å². The fraction of sp³-hybridized carbons (Fsp3) is 0.250. The molecule has 4 rings (SSSR count). The fourth-order valence-corrected chi connectivity index (χ4v) is 5.13. The Morgan fingerprint density at radius 2 is 1.71 bits per heavy atom. The standard InChI is InChI=1S/C24H23ClN2O2S2/c25-20-5-7-22(8-6-20)31-15-17-1-3-18(4-2-17)24(29)27-12-9-21(10-13-27)26-23(28)19-11-14-30-16-19/h1-8,11,14,16,21H,9-10,12-13,15H2,(H,26,28). The molecule has 1 aliphatic rings. The summed E-state index contributed by atoms with van der Waals surface area (Å²) in [7, 11) is 0. The number of nitrogens with zero attached hydrogens (tertiary/aromatic N) is 1. The summed E-state index contributed by atoms with van der Waals surface area (Å²) in [4.78, 5) is 28.1. The van der Waals surface area contributed by atoms with E-state index in [1.165, 1.54) is 21.8 Å². The van der Waals surface area contributed by atoms with Crippen LogP contribution in [0, 0.1) is 0 Å². The molecule has 1 aliphatic heterocycles. The van der Waals surface area contributed by atoms with Gasteiger partial charge in [0.2, 0.25) is 0 Å². The number of benzene rings is 2. The number of halogens is 1. The number of amides is 2. The molecule has 0 atom stereocenters. The lowest BCUT2D eigenvalue weighted by Crippen LogP contribution is -2.46. The predicted octanol–water partition coefficient (Wildman–Crippen LogP) is 5.73. The van der Waals surface area contributed by atoms with Crippen LogP contribution in [0.4, 0.5) is 0 Å². The molecular formula is C24H23ClN2O2S2. The number of thiophene rings is 1. The summed E-state index contributed by atoms with van der Waals surface area (Å²) in [5, 5.41) is 7.57. The van der Waals surface area contributed by atoms with Crippen molar-refractivity contribution in [1.82, 2.24) is 10.2 Å². The van der Waals surface area contributed by atoms with Gasteiger partial charge in [-0.25, -0.2) is 0 Å². The van der Waals surface area contributed by atoms with E-state index in [1.54, 1.807) is 11.8 Å². The maximum Gasteiger partial charge on any atom is 0.253 e. The van der Waals surface area contributed by atoms with Gasteiger partial charge in [-0.15, -0.1) is 11.8 Å². The van der Waals surface area contributed by atoms with Crippen LogP contribution in [-0.4, -0.2) is 35.8 Å². The maximum atomic E-state index is 12.9. The summed E-state index contributed by atoms with van der Waals surface area (Å²) in [5.41, 5.74) is 2.59. The van der Waals surface area contributed by atoms with Gasteiger partial charge in [0.1, 0.15) is 0 Å². The lowest BCUT2D eigenvalue weighted by molar-refractivity contribution is 0.0698. The Morgan fingerprint density at radius 1 is 1.00 bits per heavy atom. The van der Waals surface area contributed by atoms with E-state index < -0.39 is 0 Å². The molecule has 1 aromatic heterocycles. The first-order valence-corrected chi connectivity index (χ1v) is 12.5. The van der Waals surface area contributed by atoms with Gasteiger partial charge in [-0.1, -0.05) is 23.7 Å². The highest BCUT2D eigenvalue weighted by atomic mass is 35.5. The maximum absolute atomic E-state index is 12.9. The Kier molecular flexibility index (Phi) is 7.33. The van der Waals surface area contributed by atoms with Crippen molar-refractivity contribution < 1.29 is 9.59 Å². The van der Waals surface area contributed by atoms with Gasteiger partial charge in [-0.2, -0.15) is 11.3 Å². The number of carbonyl (C=O) groups excluding carboxylic acids is 2. The lowest BCUT2D eigenvalue weighted by Gasteiger charge is -2.32. The summed E-state index contributed by atoms with van der Waals surface area (Å²) in [6.07, 6.45) is 1.55. The Labute approximate surface area is 195 Å². The fourth-order valence-electron chi connectivity index (χ4n) is 3.51. The van der Waals surface area contributed by atoms with Gasteiger partial charge in [0.15, 0.2) is 0 Å². The second-order valence-electron chi connectivity index (χ2n) is 7.49. The molecular weight excluding hydrogens is 448 g/mol. The zero-order chi connectivity index (χ0) is 21.6. The summed E-state index contributed by atoms with van der Waals surface area (Å²) < 4.78 is 0. The Balaban J connectivity index is 1.26. The molecule has 1 saturated heterocycles. The number of hydrogen-bond donors (Lipinski definition) is 1. The molecule has 0 aliphatic carbocycles. The SMILES string of the molecule is O=C(NC1CCN(C(=O)c2ccc(CSc3ccc(Cl)cc3)cc2)CC1)c1ccsc1. The van der Waals surface area contributed by atoms with E-state index in [-0.39, 0.29) is 17.9 Å². The van der Waals surface area contributed by atoms with Crippen molar-refractivity contribution in [2.75, 3.05) is 13.1 Å². The van der Waals surface area contributed by atoms with E-state index in [1.807, 2.05) is 70.3 Å². The summed E-state index contributed by atoms with van der Waals surface area (Å²) in [5.74, 6) is 0.864. The number of nitrogens with one attached hydrogen (secondary N) is 1. The Hall–Kier alpha value is -2.28. The number of thioether (sulfide) groups is 1. The first kappa shape index (κ1) is 21.9. The molecule has 2 heterocycles. The van der Waals surface area contributed by atoms with Crippen molar-refractivity contribution in [3.8, 4) is 0 Å². The largest absolute Gasteiger partial charge is 0.349 e. The average molecular weight is 471 g/mol. The predicted molar refractivity (Wildman–Crippen MR) is 128 cm³/mol. The zero-order valence-corrected chi connectivity index (χ0v) is 19.3. The van der Waals surface area contributed by atoms with Gasteiger partial charge < -0.3 is 10.2 Å². The van der Waals surface area contributed by atoms with Crippen LogP contribution >= 0.6 is 34.7 Å². The second-order valence-corrected chi connectivity index (χ2v) is 9.76. The smallest absolute Gasteiger partial charge is 0.253 e. The molecule has 0 spiro atoms. The van der Waals surface area contributed by atoms with Gasteiger partial charge in [0.05, 0.1) is 0 Å². The van der Waals surface area contributed by atoms with E-state index in [2.05, 4.69) is 5.32 Å².